The highest BCUT2D eigenvalue weighted by Crippen LogP contribution is 2.27. The lowest BCUT2D eigenvalue weighted by atomic mass is 10.0. The molecule has 0 amide bonds. The van der Waals surface area contributed by atoms with Crippen molar-refractivity contribution >= 4 is 0 Å². The van der Waals surface area contributed by atoms with Crippen LogP contribution in [0.2, 0.25) is 0 Å². The molecule has 1 nitrogen and oxygen atoms in total. The Hall–Kier alpha value is -1.08. The summed E-state index contributed by atoms with van der Waals surface area (Å²) < 4.78 is 0.933. The molecule has 1 aromatic rings. The smallest absolute Gasteiger partial charge is 0.116 e. The van der Waals surface area contributed by atoms with Crippen LogP contribution in [0, 0.1) is 0 Å². The Morgan fingerprint density at radius 3 is 1.50 bits per heavy atom. The van der Waals surface area contributed by atoms with Gasteiger partial charge in [-0.25, -0.2) is 0 Å². The number of hydrogen-bond acceptors (Lipinski definition) is 0. The highest BCUT2D eigenvalue weighted by molar-refractivity contribution is 5.17. The average Bonchev–Trinajstić information content (AvgIpc) is 2.78. The normalized spacial score (nSPS) is 14.4. The summed E-state index contributed by atoms with van der Waals surface area (Å²) >= 11 is 0. The van der Waals surface area contributed by atoms with Gasteiger partial charge in [0.1, 0.15) is 6.04 Å². The van der Waals surface area contributed by atoms with E-state index in [1.807, 2.05) is 0 Å². The molecule has 0 aliphatic rings. The minimum Gasteiger partial charge on any atom is -0.294 e. The van der Waals surface area contributed by atoms with Crippen molar-refractivity contribution in [3.63, 3.8) is 0 Å². The average molecular weight is 415 g/mol. The molecule has 0 saturated heterocycles. The lowest BCUT2D eigenvalue weighted by molar-refractivity contribution is -0.889. The first-order valence-corrected chi connectivity index (χ1v) is 13.2. The van der Waals surface area contributed by atoms with Crippen molar-refractivity contribution in [1.82, 2.24) is 0 Å². The highest BCUT2D eigenvalue weighted by Gasteiger charge is 2.26. The monoisotopic (exact) mass is 414 g/mol. The summed E-state index contributed by atoms with van der Waals surface area (Å²) in [6, 6.07) is 11.4. The van der Waals surface area contributed by atoms with Gasteiger partial charge in [0.25, 0.3) is 0 Å². The molecule has 0 aliphatic heterocycles. The Morgan fingerprint density at radius 2 is 1.10 bits per heavy atom. The van der Waals surface area contributed by atoms with E-state index in [1.165, 1.54) is 115 Å². The van der Waals surface area contributed by atoms with Crippen molar-refractivity contribution in [1.29, 1.82) is 0 Å². The SMILES string of the molecule is C=C[N+](C)(CCCCCCCCCCCCCCCCCC)C(C)c1ccccc1. The zero-order valence-electron chi connectivity index (χ0n) is 20.7. The minimum absolute atomic E-state index is 0.472. The van der Waals surface area contributed by atoms with E-state index in [0.29, 0.717) is 6.04 Å². The quantitative estimate of drug-likeness (QED) is 0.147. The van der Waals surface area contributed by atoms with E-state index in [0.717, 1.165) is 4.48 Å². The summed E-state index contributed by atoms with van der Waals surface area (Å²) in [5.74, 6) is 0. The second-order valence-electron chi connectivity index (χ2n) is 9.64. The van der Waals surface area contributed by atoms with Crippen molar-refractivity contribution < 1.29 is 4.48 Å². The van der Waals surface area contributed by atoms with Gasteiger partial charge in [-0.2, -0.15) is 0 Å². The molecule has 0 aromatic heterocycles. The van der Waals surface area contributed by atoms with E-state index in [2.05, 4.69) is 64.0 Å². The van der Waals surface area contributed by atoms with Gasteiger partial charge in [-0.3, -0.25) is 4.48 Å². The van der Waals surface area contributed by atoms with Gasteiger partial charge in [0.15, 0.2) is 0 Å². The summed E-state index contributed by atoms with van der Waals surface area (Å²) in [4.78, 5) is 0. The molecule has 30 heavy (non-hydrogen) atoms. The van der Waals surface area contributed by atoms with Crippen LogP contribution in [0.3, 0.4) is 0 Å². The fourth-order valence-electron chi connectivity index (χ4n) is 4.52. The summed E-state index contributed by atoms with van der Waals surface area (Å²) in [6.07, 6.45) is 25.0. The molecule has 0 spiro atoms. The van der Waals surface area contributed by atoms with Crippen molar-refractivity contribution in [3.05, 3.63) is 48.7 Å². The Kier molecular flexibility index (Phi) is 15.8. The second kappa shape index (κ2) is 17.6. The maximum absolute atomic E-state index is 4.14. The third-order valence-corrected chi connectivity index (χ3v) is 7.08. The predicted molar refractivity (Wildman–Crippen MR) is 136 cm³/mol. The van der Waals surface area contributed by atoms with Gasteiger partial charge in [0.05, 0.1) is 19.8 Å². The van der Waals surface area contributed by atoms with Gasteiger partial charge in [-0.05, 0) is 26.3 Å². The van der Waals surface area contributed by atoms with Crippen LogP contribution in [0.15, 0.2) is 43.1 Å². The van der Waals surface area contributed by atoms with Gasteiger partial charge in [0.2, 0.25) is 0 Å². The standard InChI is InChI=1S/C29H52N/c1-5-7-8-9-10-11-12-13-14-15-16-17-18-19-20-24-27-30(4,6-2)28(3)29-25-22-21-23-26-29/h6,21-23,25-26,28H,2,5,7-20,24,27H2,1,3-4H3/q+1. The Labute approximate surface area is 189 Å². The van der Waals surface area contributed by atoms with Crippen LogP contribution in [0.25, 0.3) is 0 Å². The van der Waals surface area contributed by atoms with Gasteiger partial charge >= 0.3 is 0 Å². The molecule has 2 atom stereocenters. The molecule has 1 heteroatoms. The van der Waals surface area contributed by atoms with Crippen molar-refractivity contribution in [2.45, 2.75) is 123 Å². The fraction of sp³-hybridized carbons (Fsp3) is 0.724. The fourth-order valence-corrected chi connectivity index (χ4v) is 4.52. The van der Waals surface area contributed by atoms with Crippen LogP contribution in [0.1, 0.15) is 128 Å². The Bertz CT molecular complexity index is 508. The molecule has 0 radical (unpaired) electrons. The van der Waals surface area contributed by atoms with Gasteiger partial charge in [-0.1, -0.05) is 127 Å². The molecule has 0 fully saturated rings. The van der Waals surface area contributed by atoms with E-state index < -0.39 is 0 Å². The number of nitrogens with zero attached hydrogens (tertiary/aromatic N) is 1. The van der Waals surface area contributed by atoms with Crippen LogP contribution in [0.4, 0.5) is 0 Å². The van der Waals surface area contributed by atoms with Crippen molar-refractivity contribution in [2.75, 3.05) is 13.6 Å². The lowest BCUT2D eigenvalue weighted by Gasteiger charge is -2.36. The lowest BCUT2D eigenvalue weighted by Crippen LogP contribution is -2.41. The molecule has 0 N–H and O–H groups in total. The second-order valence-corrected chi connectivity index (χ2v) is 9.64. The number of quaternary nitrogens is 1. The maximum atomic E-state index is 4.14. The van der Waals surface area contributed by atoms with Crippen molar-refractivity contribution in [3.8, 4) is 0 Å². The first-order chi connectivity index (χ1) is 14.6. The van der Waals surface area contributed by atoms with Crippen LogP contribution in [-0.2, 0) is 0 Å². The van der Waals surface area contributed by atoms with E-state index in [1.54, 1.807) is 0 Å². The van der Waals surface area contributed by atoms with E-state index in [-0.39, 0.29) is 0 Å². The molecular formula is C29H52N+. The number of benzene rings is 1. The van der Waals surface area contributed by atoms with Crippen LogP contribution in [0.5, 0.6) is 0 Å². The number of hydrogen-bond donors (Lipinski definition) is 0. The number of rotatable bonds is 20. The topological polar surface area (TPSA) is 0 Å². The summed E-state index contributed by atoms with van der Waals surface area (Å²) in [6.45, 7) is 9.97. The summed E-state index contributed by atoms with van der Waals surface area (Å²) in [5, 5.41) is 0. The zero-order chi connectivity index (χ0) is 21.9. The van der Waals surface area contributed by atoms with Gasteiger partial charge in [-0.15, -0.1) is 0 Å². The summed E-state index contributed by atoms with van der Waals surface area (Å²) in [5.41, 5.74) is 1.41. The van der Waals surface area contributed by atoms with E-state index in [9.17, 15) is 0 Å². The van der Waals surface area contributed by atoms with Crippen LogP contribution >= 0.6 is 0 Å². The van der Waals surface area contributed by atoms with Crippen molar-refractivity contribution in [2.24, 2.45) is 0 Å². The molecular weight excluding hydrogens is 362 g/mol. The molecule has 1 aromatic carbocycles. The van der Waals surface area contributed by atoms with Gasteiger partial charge in [0, 0.05) is 5.56 Å². The Balaban J connectivity index is 1.97. The van der Waals surface area contributed by atoms with E-state index >= 15 is 0 Å². The molecule has 2 unspecified atom stereocenters. The molecule has 0 heterocycles. The molecule has 0 saturated carbocycles. The zero-order valence-corrected chi connectivity index (χ0v) is 20.7. The van der Waals surface area contributed by atoms with Gasteiger partial charge < -0.3 is 0 Å². The first-order valence-electron chi connectivity index (χ1n) is 13.2. The third kappa shape index (κ3) is 11.9. The molecule has 0 bridgehead atoms. The summed E-state index contributed by atoms with van der Waals surface area (Å²) in [7, 11) is 2.33. The molecule has 172 valence electrons. The molecule has 1 rings (SSSR count). The Morgan fingerprint density at radius 1 is 0.700 bits per heavy atom. The van der Waals surface area contributed by atoms with Crippen LogP contribution in [-0.4, -0.2) is 18.1 Å². The molecule has 0 aliphatic carbocycles. The maximum Gasteiger partial charge on any atom is 0.116 e. The van der Waals surface area contributed by atoms with Crippen LogP contribution < -0.4 is 0 Å². The number of unbranched alkanes of at least 4 members (excludes halogenated alkanes) is 15. The predicted octanol–water partition coefficient (Wildman–Crippen LogP) is 9.60. The highest BCUT2D eigenvalue weighted by atomic mass is 15.3. The minimum atomic E-state index is 0.472. The van der Waals surface area contributed by atoms with E-state index in [4.69, 9.17) is 0 Å². The first kappa shape index (κ1) is 27.0. The largest absolute Gasteiger partial charge is 0.294 e. The third-order valence-electron chi connectivity index (χ3n) is 7.08.